The number of carbonyl (C=O) groups is 3. The third-order valence-electron chi connectivity index (χ3n) is 4.71. The molecular weight excluding hydrogens is 374 g/mol. The molecule has 0 aromatic heterocycles. The first-order chi connectivity index (χ1) is 12.7. The Morgan fingerprint density at radius 2 is 2.04 bits per heavy atom. The zero-order chi connectivity index (χ0) is 19.8. The number of hydrogen-bond donors (Lipinski definition) is 1. The van der Waals surface area contributed by atoms with Crippen LogP contribution in [0.2, 0.25) is 0 Å². The van der Waals surface area contributed by atoms with Crippen molar-refractivity contribution in [3.8, 4) is 0 Å². The van der Waals surface area contributed by atoms with Crippen molar-refractivity contribution in [2.24, 2.45) is 0 Å². The van der Waals surface area contributed by atoms with Crippen LogP contribution in [0.5, 0.6) is 0 Å². The molecule has 0 spiro atoms. The maximum absolute atomic E-state index is 12.5. The summed E-state index contributed by atoms with van der Waals surface area (Å²) < 4.78 is 32.0. The first-order valence-corrected chi connectivity index (χ1v) is 10.0. The molecule has 0 radical (unpaired) electrons. The molecule has 1 aromatic rings. The summed E-state index contributed by atoms with van der Waals surface area (Å²) in [5, 5.41) is 0. The number of sulfonamides is 1. The number of amides is 3. The van der Waals surface area contributed by atoms with Crippen LogP contribution in [0.15, 0.2) is 23.1 Å². The van der Waals surface area contributed by atoms with Gasteiger partial charge in [-0.2, -0.15) is 0 Å². The Labute approximate surface area is 157 Å². The van der Waals surface area contributed by atoms with Gasteiger partial charge in [-0.05, 0) is 37.5 Å². The van der Waals surface area contributed by atoms with Gasteiger partial charge in [-0.25, -0.2) is 22.8 Å². The van der Waals surface area contributed by atoms with E-state index in [0.29, 0.717) is 18.5 Å². The highest BCUT2D eigenvalue weighted by molar-refractivity contribution is 7.89. The van der Waals surface area contributed by atoms with E-state index in [-0.39, 0.29) is 24.6 Å². The number of rotatable bonds is 5. The zero-order valence-electron chi connectivity index (χ0n) is 15.1. The fourth-order valence-corrected chi connectivity index (χ4v) is 4.54. The number of cyclic esters (lactones) is 1. The van der Waals surface area contributed by atoms with Crippen LogP contribution in [0.4, 0.5) is 4.79 Å². The van der Waals surface area contributed by atoms with Crippen molar-refractivity contribution in [1.29, 1.82) is 0 Å². The lowest BCUT2D eigenvalue weighted by Gasteiger charge is -2.20. The van der Waals surface area contributed by atoms with E-state index in [1.54, 1.807) is 26.0 Å². The Balaban J connectivity index is 1.60. The number of nitrogens with one attached hydrogen (secondary N) is 1. The summed E-state index contributed by atoms with van der Waals surface area (Å²) in [5.41, 5.74) is 1.39. The van der Waals surface area contributed by atoms with Crippen LogP contribution >= 0.6 is 0 Å². The molecule has 1 atom stereocenters. The van der Waals surface area contributed by atoms with Gasteiger partial charge in [0.05, 0.1) is 17.5 Å². The molecule has 1 aromatic carbocycles. The molecule has 3 amide bonds. The summed E-state index contributed by atoms with van der Waals surface area (Å²) in [7, 11) is -3.82. The van der Waals surface area contributed by atoms with Crippen molar-refractivity contribution < 1.29 is 27.5 Å². The molecule has 3 rings (SSSR count). The number of hydrogen-bond acceptors (Lipinski definition) is 6. The van der Waals surface area contributed by atoms with Crippen molar-refractivity contribution in [2.45, 2.75) is 31.2 Å². The van der Waals surface area contributed by atoms with Gasteiger partial charge in [0.25, 0.3) is 5.91 Å². The largest absolute Gasteiger partial charge is 0.439 e. The normalized spacial score (nSPS) is 20.3. The number of imide groups is 1. The van der Waals surface area contributed by atoms with Crippen LogP contribution in [0.25, 0.3) is 0 Å². The first kappa shape index (κ1) is 19.3. The quantitative estimate of drug-likeness (QED) is 0.760. The summed E-state index contributed by atoms with van der Waals surface area (Å²) in [6, 6.07) is 4.64. The lowest BCUT2D eigenvalue weighted by Crippen LogP contribution is -2.44. The van der Waals surface area contributed by atoms with E-state index in [9.17, 15) is 22.8 Å². The second-order valence-electron chi connectivity index (χ2n) is 6.69. The minimum Gasteiger partial charge on any atom is -0.439 e. The number of nitrogens with zero attached hydrogens (tertiary/aromatic N) is 2. The van der Waals surface area contributed by atoms with E-state index >= 15 is 0 Å². The van der Waals surface area contributed by atoms with Gasteiger partial charge in [0.2, 0.25) is 15.9 Å². The van der Waals surface area contributed by atoms with E-state index in [1.807, 2.05) is 6.07 Å². The van der Waals surface area contributed by atoms with Gasteiger partial charge in [-0.3, -0.25) is 9.59 Å². The molecule has 10 heteroatoms. The SMILES string of the molecule is Cc1ccc(C)c(S(=O)(=O)NCC(=O)N2CCC(N3C(=O)COC3=O)C2)c1. The third kappa shape index (κ3) is 3.96. The van der Waals surface area contributed by atoms with Crippen molar-refractivity contribution >= 4 is 27.9 Å². The van der Waals surface area contributed by atoms with Gasteiger partial charge in [0, 0.05) is 13.1 Å². The monoisotopic (exact) mass is 395 g/mol. The molecule has 0 aliphatic carbocycles. The molecule has 27 heavy (non-hydrogen) atoms. The molecule has 1 N–H and O–H groups in total. The molecule has 0 bridgehead atoms. The second-order valence-corrected chi connectivity index (χ2v) is 8.43. The Hall–Kier alpha value is -2.46. The Morgan fingerprint density at radius 1 is 1.30 bits per heavy atom. The lowest BCUT2D eigenvalue weighted by molar-refractivity contribution is -0.130. The van der Waals surface area contributed by atoms with Gasteiger partial charge < -0.3 is 9.64 Å². The average molecular weight is 395 g/mol. The molecule has 146 valence electrons. The maximum Gasteiger partial charge on any atom is 0.417 e. The van der Waals surface area contributed by atoms with Crippen LogP contribution in [0.1, 0.15) is 17.5 Å². The molecular formula is C17H21N3O6S. The van der Waals surface area contributed by atoms with Crippen LogP contribution in [0.3, 0.4) is 0 Å². The fourth-order valence-electron chi connectivity index (χ4n) is 3.24. The summed E-state index contributed by atoms with van der Waals surface area (Å²) in [6.45, 7) is 3.32. The Morgan fingerprint density at radius 3 is 2.70 bits per heavy atom. The number of carbonyl (C=O) groups excluding carboxylic acids is 3. The topological polar surface area (TPSA) is 113 Å². The van der Waals surface area contributed by atoms with Crippen molar-refractivity contribution in [1.82, 2.24) is 14.5 Å². The number of benzene rings is 1. The molecule has 2 heterocycles. The van der Waals surface area contributed by atoms with E-state index in [4.69, 9.17) is 4.74 Å². The first-order valence-electron chi connectivity index (χ1n) is 8.52. The van der Waals surface area contributed by atoms with Crippen LogP contribution in [-0.2, 0) is 24.3 Å². The van der Waals surface area contributed by atoms with Crippen LogP contribution < -0.4 is 4.72 Å². The highest BCUT2D eigenvalue weighted by Gasteiger charge is 2.41. The molecule has 1 unspecified atom stereocenters. The Kier molecular flexibility index (Phi) is 5.20. The van der Waals surface area contributed by atoms with Gasteiger partial charge >= 0.3 is 6.09 Å². The number of ether oxygens (including phenoxy) is 1. The Bertz CT molecular complexity index is 882. The van der Waals surface area contributed by atoms with E-state index in [1.165, 1.54) is 4.90 Å². The summed E-state index contributed by atoms with van der Waals surface area (Å²) in [6.07, 6.45) is -0.258. The average Bonchev–Trinajstić information content (AvgIpc) is 3.21. The minimum atomic E-state index is -3.82. The summed E-state index contributed by atoms with van der Waals surface area (Å²) in [4.78, 5) is 38.3. The highest BCUT2D eigenvalue weighted by Crippen LogP contribution is 2.20. The minimum absolute atomic E-state index is 0.139. The van der Waals surface area contributed by atoms with Crippen molar-refractivity contribution in [3.05, 3.63) is 29.3 Å². The molecule has 2 saturated heterocycles. The van der Waals surface area contributed by atoms with E-state index in [2.05, 4.69) is 4.72 Å². The number of likely N-dealkylation sites (tertiary alicyclic amines) is 1. The zero-order valence-corrected chi connectivity index (χ0v) is 15.9. The molecule has 2 aliphatic heterocycles. The van der Waals surface area contributed by atoms with Crippen molar-refractivity contribution in [2.75, 3.05) is 26.2 Å². The fraction of sp³-hybridized carbons (Fsp3) is 0.471. The van der Waals surface area contributed by atoms with Gasteiger partial charge in [-0.1, -0.05) is 12.1 Å². The van der Waals surface area contributed by atoms with E-state index in [0.717, 1.165) is 10.5 Å². The molecule has 9 nitrogen and oxygen atoms in total. The molecule has 2 fully saturated rings. The van der Waals surface area contributed by atoms with Gasteiger partial charge in [-0.15, -0.1) is 0 Å². The number of aryl methyl sites for hydroxylation is 2. The third-order valence-corrected chi connectivity index (χ3v) is 6.26. The van der Waals surface area contributed by atoms with Crippen molar-refractivity contribution in [3.63, 3.8) is 0 Å². The van der Waals surface area contributed by atoms with Gasteiger partial charge in [0.1, 0.15) is 0 Å². The predicted octanol–water partition coefficient (Wildman–Crippen LogP) is 0.161. The summed E-state index contributed by atoms with van der Waals surface area (Å²) in [5.74, 6) is -0.832. The molecule has 0 saturated carbocycles. The highest BCUT2D eigenvalue weighted by atomic mass is 32.2. The lowest BCUT2D eigenvalue weighted by atomic mass is 10.2. The smallest absolute Gasteiger partial charge is 0.417 e. The standard InChI is InChI=1S/C17H21N3O6S/c1-11-3-4-12(2)14(7-11)27(24,25)18-8-15(21)19-6-5-13(9-19)20-16(22)10-26-17(20)23/h3-4,7,13,18H,5-6,8-10H2,1-2H3. The van der Waals surface area contributed by atoms with Crippen LogP contribution in [-0.4, -0.2) is 68.4 Å². The van der Waals surface area contributed by atoms with Crippen LogP contribution in [0, 0.1) is 13.8 Å². The molecule has 2 aliphatic rings. The van der Waals surface area contributed by atoms with E-state index < -0.39 is 34.0 Å². The maximum atomic E-state index is 12.5. The van der Waals surface area contributed by atoms with Gasteiger partial charge in [0.15, 0.2) is 6.61 Å². The predicted molar refractivity (Wildman–Crippen MR) is 94.3 cm³/mol. The summed E-state index contributed by atoms with van der Waals surface area (Å²) >= 11 is 0. The second kappa shape index (κ2) is 7.28.